The van der Waals surface area contributed by atoms with Crippen molar-refractivity contribution >= 4 is 23.2 Å². The van der Waals surface area contributed by atoms with Crippen molar-refractivity contribution in [2.45, 2.75) is 20.8 Å². The van der Waals surface area contributed by atoms with E-state index in [4.69, 9.17) is 0 Å². The highest BCUT2D eigenvalue weighted by Crippen LogP contribution is 2.22. The van der Waals surface area contributed by atoms with Crippen LogP contribution in [0.1, 0.15) is 19.4 Å². The van der Waals surface area contributed by atoms with Crippen LogP contribution in [0, 0.1) is 18.2 Å². The molecule has 0 atom stereocenters. The Balaban J connectivity index is 2.09. The molecule has 4 nitrogen and oxygen atoms in total. The number of halogens is 1. The molecule has 0 aliphatic heterocycles. The predicted molar refractivity (Wildman–Crippen MR) is 88.6 cm³/mol. The van der Waals surface area contributed by atoms with E-state index in [0.717, 1.165) is 5.56 Å². The van der Waals surface area contributed by atoms with Crippen LogP contribution in [0.15, 0.2) is 48.5 Å². The van der Waals surface area contributed by atoms with Crippen molar-refractivity contribution in [1.82, 2.24) is 0 Å². The van der Waals surface area contributed by atoms with E-state index in [1.165, 1.54) is 32.0 Å². The molecule has 0 fully saturated rings. The summed E-state index contributed by atoms with van der Waals surface area (Å²) in [4.78, 5) is 24.7. The summed E-state index contributed by atoms with van der Waals surface area (Å²) < 4.78 is 13.2. The number of carbonyl (C=O) groups is 2. The minimum atomic E-state index is -1.31. The van der Waals surface area contributed by atoms with E-state index in [0.29, 0.717) is 11.4 Å². The Hall–Kier alpha value is -2.69. The van der Waals surface area contributed by atoms with Gasteiger partial charge in [0.25, 0.3) is 0 Å². The average molecular weight is 314 g/mol. The monoisotopic (exact) mass is 314 g/mol. The maximum atomic E-state index is 13.2. The zero-order chi connectivity index (χ0) is 17.0. The number of anilines is 2. The summed E-state index contributed by atoms with van der Waals surface area (Å²) in [5.74, 6) is -1.39. The summed E-state index contributed by atoms with van der Waals surface area (Å²) in [6.45, 7) is 4.96. The van der Waals surface area contributed by atoms with Crippen LogP contribution in [0.4, 0.5) is 15.8 Å². The lowest BCUT2D eigenvalue weighted by atomic mass is 9.90. The van der Waals surface area contributed by atoms with Crippen molar-refractivity contribution in [2.75, 3.05) is 10.6 Å². The van der Waals surface area contributed by atoms with Crippen molar-refractivity contribution in [3.8, 4) is 0 Å². The fourth-order valence-electron chi connectivity index (χ4n) is 1.97. The largest absolute Gasteiger partial charge is 0.325 e. The number of aryl methyl sites for hydroxylation is 1. The van der Waals surface area contributed by atoms with Crippen molar-refractivity contribution in [1.29, 1.82) is 0 Å². The smallest absolute Gasteiger partial charge is 0.239 e. The van der Waals surface area contributed by atoms with Crippen molar-refractivity contribution < 1.29 is 14.0 Å². The number of nitrogens with one attached hydrogen (secondary N) is 2. The summed E-state index contributed by atoms with van der Waals surface area (Å²) in [7, 11) is 0. The quantitative estimate of drug-likeness (QED) is 0.845. The van der Waals surface area contributed by atoms with Gasteiger partial charge in [0, 0.05) is 11.4 Å². The standard InChI is InChI=1S/C18H19FN2O2/c1-12-6-4-8-14(10-12)20-16(22)18(2,3)17(23)21-15-9-5-7-13(19)11-15/h4-11H,1-3H3,(H,20,22)(H,21,23). The minimum absolute atomic E-state index is 0.312. The van der Waals surface area contributed by atoms with Crippen molar-refractivity contribution in [2.24, 2.45) is 5.41 Å². The lowest BCUT2D eigenvalue weighted by Crippen LogP contribution is -2.41. The third-order valence-corrected chi connectivity index (χ3v) is 3.49. The first-order chi connectivity index (χ1) is 10.8. The molecule has 2 aromatic rings. The lowest BCUT2D eigenvalue weighted by Gasteiger charge is -2.23. The number of benzene rings is 2. The number of amides is 2. The van der Waals surface area contributed by atoms with Gasteiger partial charge in [-0.25, -0.2) is 4.39 Å². The van der Waals surface area contributed by atoms with Gasteiger partial charge in [-0.2, -0.15) is 0 Å². The van der Waals surface area contributed by atoms with Crippen LogP contribution in [0.25, 0.3) is 0 Å². The van der Waals surface area contributed by atoms with Crippen LogP contribution in [0.5, 0.6) is 0 Å². The number of hydrogen-bond donors (Lipinski definition) is 2. The van der Waals surface area contributed by atoms with Crippen molar-refractivity contribution in [3.05, 3.63) is 59.9 Å². The second-order valence-electron chi connectivity index (χ2n) is 5.91. The minimum Gasteiger partial charge on any atom is -0.325 e. The van der Waals surface area contributed by atoms with Gasteiger partial charge in [-0.05, 0) is 56.7 Å². The topological polar surface area (TPSA) is 58.2 Å². The summed E-state index contributed by atoms with van der Waals surface area (Å²) in [6, 6.07) is 12.9. The first-order valence-corrected chi connectivity index (χ1v) is 7.24. The molecule has 0 spiro atoms. The molecule has 0 saturated carbocycles. The van der Waals surface area contributed by atoms with Gasteiger partial charge >= 0.3 is 0 Å². The van der Waals surface area contributed by atoms with Gasteiger partial charge in [0.1, 0.15) is 11.2 Å². The fraction of sp³-hybridized carbons (Fsp3) is 0.222. The highest BCUT2D eigenvalue weighted by molar-refractivity contribution is 6.13. The molecule has 2 rings (SSSR count). The van der Waals surface area contributed by atoms with Crippen LogP contribution < -0.4 is 10.6 Å². The SMILES string of the molecule is Cc1cccc(NC(=O)C(C)(C)C(=O)Nc2cccc(F)c2)c1. The summed E-state index contributed by atoms with van der Waals surface area (Å²) in [6.07, 6.45) is 0. The maximum Gasteiger partial charge on any atom is 0.239 e. The zero-order valence-corrected chi connectivity index (χ0v) is 13.3. The number of carbonyl (C=O) groups excluding carboxylic acids is 2. The molecule has 0 bridgehead atoms. The Morgan fingerprint density at radius 2 is 1.43 bits per heavy atom. The van der Waals surface area contributed by atoms with Gasteiger partial charge in [0.05, 0.1) is 0 Å². The summed E-state index contributed by atoms with van der Waals surface area (Å²) >= 11 is 0. The van der Waals surface area contributed by atoms with E-state index in [1.807, 2.05) is 25.1 Å². The molecule has 0 aliphatic rings. The third kappa shape index (κ3) is 4.16. The Labute approximate surface area is 134 Å². The molecule has 2 aromatic carbocycles. The molecule has 2 N–H and O–H groups in total. The molecule has 0 aliphatic carbocycles. The van der Waals surface area contributed by atoms with Gasteiger partial charge in [-0.3, -0.25) is 9.59 Å². The highest BCUT2D eigenvalue weighted by atomic mass is 19.1. The predicted octanol–water partition coefficient (Wildman–Crippen LogP) is 3.74. The molecule has 120 valence electrons. The van der Waals surface area contributed by atoms with Gasteiger partial charge in [-0.15, -0.1) is 0 Å². The Morgan fingerprint density at radius 1 is 0.913 bits per heavy atom. The van der Waals surface area contributed by atoms with E-state index in [9.17, 15) is 14.0 Å². The zero-order valence-electron chi connectivity index (χ0n) is 13.3. The molecule has 5 heteroatoms. The van der Waals surface area contributed by atoms with E-state index in [2.05, 4.69) is 10.6 Å². The van der Waals surface area contributed by atoms with Gasteiger partial charge in [0.15, 0.2) is 0 Å². The molecule has 2 amide bonds. The molecular weight excluding hydrogens is 295 g/mol. The van der Waals surface area contributed by atoms with Gasteiger partial charge < -0.3 is 10.6 Å². The lowest BCUT2D eigenvalue weighted by molar-refractivity contribution is -0.135. The molecular formula is C18H19FN2O2. The molecule has 0 unspecified atom stereocenters. The summed E-state index contributed by atoms with van der Waals surface area (Å²) in [5.41, 5.74) is 0.633. The van der Waals surface area contributed by atoms with Gasteiger partial charge in [-0.1, -0.05) is 18.2 Å². The van der Waals surface area contributed by atoms with E-state index < -0.39 is 23.0 Å². The fourth-order valence-corrected chi connectivity index (χ4v) is 1.97. The Bertz CT molecular complexity index is 680. The van der Waals surface area contributed by atoms with Crippen LogP contribution in [-0.2, 0) is 9.59 Å². The maximum absolute atomic E-state index is 13.2. The van der Waals surface area contributed by atoms with Crippen LogP contribution in [-0.4, -0.2) is 11.8 Å². The second-order valence-corrected chi connectivity index (χ2v) is 5.91. The average Bonchev–Trinajstić information content (AvgIpc) is 2.47. The first kappa shape index (κ1) is 16.7. The van der Waals surface area contributed by atoms with Crippen molar-refractivity contribution in [3.63, 3.8) is 0 Å². The Kier molecular flexibility index (Phi) is 4.79. The first-order valence-electron chi connectivity index (χ1n) is 7.24. The van der Waals surface area contributed by atoms with Crippen LogP contribution in [0.2, 0.25) is 0 Å². The number of rotatable bonds is 4. The van der Waals surface area contributed by atoms with Gasteiger partial charge in [0.2, 0.25) is 11.8 Å². The molecule has 0 radical (unpaired) electrons. The van der Waals surface area contributed by atoms with Crippen LogP contribution in [0.3, 0.4) is 0 Å². The second kappa shape index (κ2) is 6.60. The number of hydrogen-bond acceptors (Lipinski definition) is 2. The van der Waals surface area contributed by atoms with E-state index in [-0.39, 0.29) is 0 Å². The molecule has 23 heavy (non-hydrogen) atoms. The molecule has 0 heterocycles. The normalized spacial score (nSPS) is 11.0. The highest BCUT2D eigenvalue weighted by Gasteiger charge is 2.36. The third-order valence-electron chi connectivity index (χ3n) is 3.49. The summed E-state index contributed by atoms with van der Waals surface area (Å²) in [5, 5.41) is 5.29. The molecule has 0 saturated heterocycles. The Morgan fingerprint density at radius 3 is 1.96 bits per heavy atom. The van der Waals surface area contributed by atoms with E-state index >= 15 is 0 Å². The van der Waals surface area contributed by atoms with Crippen LogP contribution >= 0.6 is 0 Å². The molecule has 0 aromatic heterocycles. The van der Waals surface area contributed by atoms with E-state index in [1.54, 1.807) is 12.1 Å².